The minimum absolute atomic E-state index is 0.595. The van der Waals surface area contributed by atoms with Crippen LogP contribution in [0.15, 0.2) is 4.52 Å². The molecule has 0 saturated carbocycles. The Balaban J connectivity index is 1.85. The minimum atomic E-state index is 0.595. The number of rotatable bonds is 6. The Bertz CT molecular complexity index is 548. The Kier molecular flexibility index (Phi) is 4.55. The van der Waals surface area contributed by atoms with Crippen LogP contribution >= 0.6 is 11.6 Å². The van der Waals surface area contributed by atoms with Gasteiger partial charge in [-0.25, -0.2) is 0 Å². The molecule has 0 atom stereocenters. The van der Waals surface area contributed by atoms with Crippen molar-refractivity contribution in [3.63, 3.8) is 0 Å². The highest BCUT2D eigenvalue weighted by Gasteiger charge is 2.11. The van der Waals surface area contributed by atoms with E-state index < -0.39 is 0 Å². The summed E-state index contributed by atoms with van der Waals surface area (Å²) in [7, 11) is 0. The number of aromatic nitrogens is 4. The van der Waals surface area contributed by atoms with Gasteiger partial charge in [-0.05, 0) is 13.8 Å². The molecule has 0 saturated heterocycles. The normalized spacial score (nSPS) is 11.2. The van der Waals surface area contributed by atoms with Crippen LogP contribution in [0.25, 0.3) is 0 Å². The zero-order valence-electron chi connectivity index (χ0n) is 11.4. The zero-order valence-corrected chi connectivity index (χ0v) is 12.2. The molecule has 0 aliphatic carbocycles. The SMILES string of the molecule is CCn1nc(C)c(Cl)c1CNCCc1noc(C)n1. The van der Waals surface area contributed by atoms with E-state index in [0.717, 1.165) is 41.7 Å². The third-order valence-electron chi connectivity index (χ3n) is 2.84. The number of nitrogens with zero attached hydrogens (tertiary/aromatic N) is 4. The molecule has 2 aromatic rings. The first kappa shape index (κ1) is 14.0. The van der Waals surface area contributed by atoms with Gasteiger partial charge in [0.05, 0.1) is 16.4 Å². The topological polar surface area (TPSA) is 68.8 Å². The average molecular weight is 284 g/mol. The first-order valence-electron chi connectivity index (χ1n) is 6.33. The molecular weight excluding hydrogens is 266 g/mol. The van der Waals surface area contributed by atoms with E-state index in [1.54, 1.807) is 6.92 Å². The van der Waals surface area contributed by atoms with E-state index in [9.17, 15) is 0 Å². The van der Waals surface area contributed by atoms with Crippen molar-refractivity contribution in [2.24, 2.45) is 0 Å². The lowest BCUT2D eigenvalue weighted by molar-refractivity contribution is 0.387. The average Bonchev–Trinajstić information content (AvgIpc) is 2.92. The summed E-state index contributed by atoms with van der Waals surface area (Å²) in [4.78, 5) is 4.15. The van der Waals surface area contributed by atoms with E-state index in [2.05, 4.69) is 20.6 Å². The molecule has 1 N–H and O–H groups in total. The lowest BCUT2D eigenvalue weighted by Crippen LogP contribution is -2.19. The zero-order chi connectivity index (χ0) is 13.8. The molecule has 0 bridgehead atoms. The van der Waals surface area contributed by atoms with Gasteiger partial charge in [-0.15, -0.1) is 0 Å². The molecule has 0 aromatic carbocycles. The van der Waals surface area contributed by atoms with Crippen molar-refractivity contribution in [3.05, 3.63) is 28.1 Å². The van der Waals surface area contributed by atoms with Crippen LogP contribution in [0.5, 0.6) is 0 Å². The molecule has 0 unspecified atom stereocenters. The Morgan fingerprint density at radius 1 is 1.37 bits per heavy atom. The molecule has 0 fully saturated rings. The van der Waals surface area contributed by atoms with Gasteiger partial charge in [-0.3, -0.25) is 4.68 Å². The van der Waals surface area contributed by atoms with Crippen molar-refractivity contribution in [1.82, 2.24) is 25.2 Å². The van der Waals surface area contributed by atoms with Crippen LogP contribution < -0.4 is 5.32 Å². The minimum Gasteiger partial charge on any atom is -0.340 e. The van der Waals surface area contributed by atoms with Crippen molar-refractivity contribution >= 4 is 11.6 Å². The number of nitrogens with one attached hydrogen (secondary N) is 1. The summed E-state index contributed by atoms with van der Waals surface area (Å²) in [6.45, 7) is 8.02. The summed E-state index contributed by atoms with van der Waals surface area (Å²) >= 11 is 6.23. The third kappa shape index (κ3) is 3.33. The molecule has 0 radical (unpaired) electrons. The predicted molar refractivity (Wildman–Crippen MR) is 72.1 cm³/mol. The Morgan fingerprint density at radius 2 is 2.16 bits per heavy atom. The van der Waals surface area contributed by atoms with E-state index in [-0.39, 0.29) is 0 Å². The van der Waals surface area contributed by atoms with E-state index in [1.165, 1.54) is 0 Å². The maximum atomic E-state index is 6.23. The van der Waals surface area contributed by atoms with E-state index in [1.807, 2.05) is 18.5 Å². The van der Waals surface area contributed by atoms with Crippen LogP contribution in [0.4, 0.5) is 0 Å². The summed E-state index contributed by atoms with van der Waals surface area (Å²) in [6, 6.07) is 0. The Morgan fingerprint density at radius 3 is 2.79 bits per heavy atom. The van der Waals surface area contributed by atoms with Gasteiger partial charge in [0.2, 0.25) is 5.89 Å². The quantitative estimate of drug-likeness (QED) is 0.820. The highest BCUT2D eigenvalue weighted by Crippen LogP contribution is 2.19. The van der Waals surface area contributed by atoms with Gasteiger partial charge >= 0.3 is 0 Å². The van der Waals surface area contributed by atoms with Crippen LogP contribution in [0.1, 0.15) is 30.0 Å². The fourth-order valence-corrected chi connectivity index (χ4v) is 2.09. The molecule has 6 nitrogen and oxygen atoms in total. The van der Waals surface area contributed by atoms with Crippen LogP contribution in [0, 0.1) is 13.8 Å². The second-order valence-corrected chi connectivity index (χ2v) is 4.70. The van der Waals surface area contributed by atoms with Crippen LogP contribution in [-0.2, 0) is 19.5 Å². The van der Waals surface area contributed by atoms with Gasteiger partial charge in [0.25, 0.3) is 0 Å². The Labute approximate surface area is 117 Å². The maximum absolute atomic E-state index is 6.23. The molecule has 7 heteroatoms. The van der Waals surface area contributed by atoms with Gasteiger partial charge in [-0.2, -0.15) is 10.1 Å². The number of halogens is 1. The van der Waals surface area contributed by atoms with Crippen molar-refractivity contribution < 1.29 is 4.52 Å². The third-order valence-corrected chi connectivity index (χ3v) is 3.33. The van der Waals surface area contributed by atoms with E-state index >= 15 is 0 Å². The highest BCUT2D eigenvalue weighted by molar-refractivity contribution is 6.31. The fourth-order valence-electron chi connectivity index (χ4n) is 1.89. The first-order valence-corrected chi connectivity index (χ1v) is 6.71. The van der Waals surface area contributed by atoms with Crippen molar-refractivity contribution in [2.45, 2.75) is 40.3 Å². The summed E-state index contributed by atoms with van der Waals surface area (Å²) in [5.74, 6) is 1.31. The number of hydrogen-bond donors (Lipinski definition) is 1. The monoisotopic (exact) mass is 283 g/mol. The van der Waals surface area contributed by atoms with Crippen molar-refractivity contribution in [2.75, 3.05) is 6.54 Å². The molecular formula is C12H18ClN5O. The molecule has 104 valence electrons. The Hall–Kier alpha value is -1.40. The molecule has 2 rings (SSSR count). The lowest BCUT2D eigenvalue weighted by Gasteiger charge is -2.06. The summed E-state index contributed by atoms with van der Waals surface area (Å²) in [5.41, 5.74) is 1.89. The molecule has 0 aliphatic heterocycles. The molecule has 0 amide bonds. The predicted octanol–water partition coefficient (Wildman–Crippen LogP) is 1.89. The second kappa shape index (κ2) is 6.16. The molecule has 0 aliphatic rings. The highest BCUT2D eigenvalue weighted by atomic mass is 35.5. The standard InChI is InChI=1S/C12H18ClN5O/c1-4-18-10(12(13)8(2)16-18)7-14-6-5-11-15-9(3)19-17-11/h14H,4-7H2,1-3H3. The largest absolute Gasteiger partial charge is 0.340 e. The lowest BCUT2D eigenvalue weighted by atomic mass is 10.3. The summed E-state index contributed by atoms with van der Waals surface area (Å²) in [5, 5.41) is 12.3. The molecule has 19 heavy (non-hydrogen) atoms. The van der Waals surface area contributed by atoms with E-state index in [4.69, 9.17) is 16.1 Å². The van der Waals surface area contributed by atoms with Gasteiger partial charge in [0.1, 0.15) is 0 Å². The molecule has 2 heterocycles. The molecule has 0 spiro atoms. The van der Waals surface area contributed by atoms with Gasteiger partial charge in [-0.1, -0.05) is 16.8 Å². The fraction of sp³-hybridized carbons (Fsp3) is 0.583. The summed E-state index contributed by atoms with van der Waals surface area (Å²) < 4.78 is 6.83. The number of hydrogen-bond acceptors (Lipinski definition) is 5. The van der Waals surface area contributed by atoms with Gasteiger partial charge in [0.15, 0.2) is 5.82 Å². The van der Waals surface area contributed by atoms with Crippen molar-refractivity contribution in [1.29, 1.82) is 0 Å². The smallest absolute Gasteiger partial charge is 0.223 e. The van der Waals surface area contributed by atoms with Crippen molar-refractivity contribution in [3.8, 4) is 0 Å². The summed E-state index contributed by atoms with van der Waals surface area (Å²) in [6.07, 6.45) is 0.730. The van der Waals surface area contributed by atoms with E-state index in [0.29, 0.717) is 12.4 Å². The van der Waals surface area contributed by atoms with Gasteiger partial charge < -0.3 is 9.84 Å². The van der Waals surface area contributed by atoms with Gasteiger partial charge in [0, 0.05) is 33.0 Å². The van der Waals surface area contributed by atoms with Crippen LogP contribution in [0.3, 0.4) is 0 Å². The maximum Gasteiger partial charge on any atom is 0.223 e. The van der Waals surface area contributed by atoms with Crippen LogP contribution in [0.2, 0.25) is 5.02 Å². The first-order chi connectivity index (χ1) is 9.11. The number of aryl methyl sites for hydroxylation is 3. The second-order valence-electron chi connectivity index (χ2n) is 4.32. The molecule has 2 aromatic heterocycles. The van der Waals surface area contributed by atoms with Crippen LogP contribution in [-0.4, -0.2) is 26.5 Å².